The van der Waals surface area contributed by atoms with Crippen molar-refractivity contribution in [2.75, 3.05) is 0 Å². The number of unbranched alkanes of at least 4 members (excludes halogenated alkanes) is 2. The molecule has 0 amide bonds. The van der Waals surface area contributed by atoms with Gasteiger partial charge in [-0.05, 0) is 31.9 Å². The first-order chi connectivity index (χ1) is 12.5. The summed E-state index contributed by atoms with van der Waals surface area (Å²) in [6.07, 6.45) is 5.43. The molecule has 0 bridgehead atoms. The molecule has 0 atom stereocenters. The van der Waals surface area contributed by atoms with Crippen molar-refractivity contribution in [2.24, 2.45) is 0 Å². The molecule has 3 nitrogen and oxygen atoms in total. The van der Waals surface area contributed by atoms with Crippen LogP contribution in [0.3, 0.4) is 0 Å². The molecule has 3 rings (SSSR count). The number of fused-ring (bicyclic) bond motifs is 1. The summed E-state index contributed by atoms with van der Waals surface area (Å²) in [7, 11) is 0. The van der Waals surface area contributed by atoms with Crippen molar-refractivity contribution in [2.45, 2.75) is 52.2 Å². The molecule has 0 spiro atoms. The van der Waals surface area contributed by atoms with E-state index < -0.39 is 5.60 Å². The Morgan fingerprint density at radius 3 is 2.42 bits per heavy atom. The number of ether oxygens (including phenoxy) is 1. The fourth-order valence-corrected chi connectivity index (χ4v) is 3.31. The maximum atomic E-state index is 13.0. The van der Waals surface area contributed by atoms with Crippen molar-refractivity contribution in [3.05, 3.63) is 71.9 Å². The summed E-state index contributed by atoms with van der Waals surface area (Å²) in [5, 5.41) is 0.956. The van der Waals surface area contributed by atoms with Crippen LogP contribution in [0.15, 0.2) is 60.8 Å². The van der Waals surface area contributed by atoms with Gasteiger partial charge in [0.2, 0.25) is 0 Å². The number of benzene rings is 2. The lowest BCUT2D eigenvalue weighted by atomic mass is 9.98. The molecule has 2 aromatic carbocycles. The van der Waals surface area contributed by atoms with Crippen LogP contribution >= 0.6 is 0 Å². The van der Waals surface area contributed by atoms with Crippen LogP contribution in [0, 0.1) is 0 Å². The molecule has 0 fully saturated rings. The summed E-state index contributed by atoms with van der Waals surface area (Å²) in [6.45, 7) is 6.98. The summed E-state index contributed by atoms with van der Waals surface area (Å²) in [5.74, 6) is -0.274. The topological polar surface area (TPSA) is 31.2 Å². The van der Waals surface area contributed by atoms with Gasteiger partial charge in [-0.1, -0.05) is 68.3 Å². The second-order valence-corrected chi connectivity index (χ2v) is 7.23. The normalized spacial score (nSPS) is 11.7. The van der Waals surface area contributed by atoms with E-state index in [4.69, 9.17) is 4.74 Å². The van der Waals surface area contributed by atoms with E-state index in [2.05, 4.69) is 17.6 Å². The molecule has 3 aromatic rings. The molecule has 136 valence electrons. The lowest BCUT2D eigenvalue weighted by Crippen LogP contribution is -2.25. The molecule has 1 heterocycles. The minimum absolute atomic E-state index is 0.274. The molecule has 0 saturated heterocycles. The van der Waals surface area contributed by atoms with Gasteiger partial charge < -0.3 is 9.30 Å². The predicted molar refractivity (Wildman–Crippen MR) is 106 cm³/mol. The molecule has 0 aliphatic rings. The summed E-state index contributed by atoms with van der Waals surface area (Å²) >= 11 is 0. The summed E-state index contributed by atoms with van der Waals surface area (Å²) in [5.41, 5.74) is 2.04. The highest BCUT2D eigenvalue weighted by Gasteiger charge is 2.27. The van der Waals surface area contributed by atoms with E-state index in [0.717, 1.165) is 29.4 Å². The Labute approximate surface area is 155 Å². The van der Waals surface area contributed by atoms with E-state index in [0.29, 0.717) is 5.56 Å². The monoisotopic (exact) mass is 349 g/mol. The van der Waals surface area contributed by atoms with Gasteiger partial charge >= 0.3 is 5.97 Å². The van der Waals surface area contributed by atoms with Gasteiger partial charge in [-0.2, -0.15) is 0 Å². The molecule has 0 aliphatic heterocycles. The summed E-state index contributed by atoms with van der Waals surface area (Å²) in [6, 6.07) is 17.9. The van der Waals surface area contributed by atoms with E-state index in [1.807, 2.05) is 68.6 Å². The molecular weight excluding hydrogens is 322 g/mol. The molecule has 0 aliphatic carbocycles. The van der Waals surface area contributed by atoms with Gasteiger partial charge in [0.1, 0.15) is 5.60 Å². The Balaban J connectivity index is 1.88. The minimum atomic E-state index is -0.677. The van der Waals surface area contributed by atoms with Crippen LogP contribution in [-0.2, 0) is 16.9 Å². The van der Waals surface area contributed by atoms with Gasteiger partial charge in [-0.25, -0.2) is 4.79 Å². The van der Waals surface area contributed by atoms with Crippen LogP contribution < -0.4 is 0 Å². The van der Waals surface area contributed by atoms with Crippen LogP contribution in [0.5, 0.6) is 0 Å². The molecule has 0 N–H and O–H groups in total. The highest BCUT2D eigenvalue weighted by Crippen LogP contribution is 2.29. The second kappa shape index (κ2) is 7.77. The number of aromatic nitrogens is 1. The quantitative estimate of drug-likeness (QED) is 0.391. The molecular formula is C23H27NO2. The van der Waals surface area contributed by atoms with Gasteiger partial charge in [0.05, 0.1) is 5.56 Å². The lowest BCUT2D eigenvalue weighted by Gasteiger charge is -2.25. The van der Waals surface area contributed by atoms with Crippen molar-refractivity contribution >= 4 is 16.9 Å². The van der Waals surface area contributed by atoms with Crippen LogP contribution in [0.25, 0.3) is 10.9 Å². The second-order valence-electron chi connectivity index (χ2n) is 7.23. The van der Waals surface area contributed by atoms with E-state index in [-0.39, 0.29) is 5.97 Å². The van der Waals surface area contributed by atoms with E-state index in [9.17, 15) is 4.79 Å². The van der Waals surface area contributed by atoms with E-state index >= 15 is 0 Å². The fraction of sp³-hybridized carbons (Fsp3) is 0.348. The highest BCUT2D eigenvalue weighted by atomic mass is 16.6. The van der Waals surface area contributed by atoms with Crippen molar-refractivity contribution in [3.63, 3.8) is 0 Å². The van der Waals surface area contributed by atoms with Gasteiger partial charge in [0.25, 0.3) is 0 Å². The Hall–Kier alpha value is -2.55. The first-order valence-electron chi connectivity index (χ1n) is 9.39. The van der Waals surface area contributed by atoms with Crippen molar-refractivity contribution < 1.29 is 9.53 Å². The van der Waals surface area contributed by atoms with Crippen LogP contribution in [-0.4, -0.2) is 10.5 Å². The number of para-hydroxylation sites is 1. The molecule has 0 unspecified atom stereocenters. The number of rotatable bonds is 7. The third-order valence-electron chi connectivity index (χ3n) is 4.83. The highest BCUT2D eigenvalue weighted by molar-refractivity contribution is 6.04. The standard InChI is InChI=1S/C23H27NO2/c1-4-5-11-16-24-17-20(19-14-9-10-15-21(19)24)22(25)26-23(2,3)18-12-7-6-8-13-18/h6-10,12-15,17H,4-5,11,16H2,1-3H3. The van der Waals surface area contributed by atoms with E-state index in [1.165, 1.54) is 12.8 Å². The van der Waals surface area contributed by atoms with Crippen molar-refractivity contribution in [1.82, 2.24) is 4.57 Å². The van der Waals surface area contributed by atoms with Crippen LogP contribution in [0.4, 0.5) is 0 Å². The number of nitrogens with zero attached hydrogens (tertiary/aromatic N) is 1. The Morgan fingerprint density at radius 1 is 1.00 bits per heavy atom. The average molecular weight is 349 g/mol. The number of carbonyl (C=O) groups is 1. The Morgan fingerprint density at radius 2 is 1.69 bits per heavy atom. The minimum Gasteiger partial charge on any atom is -0.451 e. The number of esters is 1. The molecule has 3 heteroatoms. The number of aryl methyl sites for hydroxylation is 1. The Kier molecular flexibility index (Phi) is 5.46. The van der Waals surface area contributed by atoms with Crippen LogP contribution in [0.2, 0.25) is 0 Å². The maximum absolute atomic E-state index is 13.0. The van der Waals surface area contributed by atoms with Gasteiger partial charge in [0.15, 0.2) is 0 Å². The molecule has 26 heavy (non-hydrogen) atoms. The number of hydrogen-bond donors (Lipinski definition) is 0. The van der Waals surface area contributed by atoms with Gasteiger partial charge in [-0.3, -0.25) is 0 Å². The first kappa shape index (κ1) is 18.2. The van der Waals surface area contributed by atoms with Crippen molar-refractivity contribution in [3.8, 4) is 0 Å². The zero-order chi connectivity index (χ0) is 18.6. The smallest absolute Gasteiger partial charge is 0.341 e. The largest absolute Gasteiger partial charge is 0.451 e. The third kappa shape index (κ3) is 3.82. The third-order valence-corrected chi connectivity index (χ3v) is 4.83. The fourth-order valence-electron chi connectivity index (χ4n) is 3.31. The molecule has 1 aromatic heterocycles. The number of carbonyl (C=O) groups excluding carboxylic acids is 1. The first-order valence-corrected chi connectivity index (χ1v) is 9.39. The average Bonchev–Trinajstić information content (AvgIpc) is 3.02. The van der Waals surface area contributed by atoms with Gasteiger partial charge in [0, 0.05) is 23.6 Å². The molecule has 0 saturated carbocycles. The molecule has 0 radical (unpaired) electrons. The van der Waals surface area contributed by atoms with Crippen molar-refractivity contribution in [1.29, 1.82) is 0 Å². The summed E-state index contributed by atoms with van der Waals surface area (Å²) < 4.78 is 8.08. The zero-order valence-corrected chi connectivity index (χ0v) is 15.9. The maximum Gasteiger partial charge on any atom is 0.341 e. The predicted octanol–water partition coefficient (Wildman–Crippen LogP) is 5.92. The lowest BCUT2D eigenvalue weighted by molar-refractivity contribution is -0.00292. The zero-order valence-electron chi connectivity index (χ0n) is 15.9. The van der Waals surface area contributed by atoms with Crippen LogP contribution in [0.1, 0.15) is 56.0 Å². The SMILES string of the molecule is CCCCCn1cc(C(=O)OC(C)(C)c2ccccc2)c2ccccc21. The summed E-state index contributed by atoms with van der Waals surface area (Å²) in [4.78, 5) is 13.0. The van der Waals surface area contributed by atoms with E-state index in [1.54, 1.807) is 0 Å². The number of hydrogen-bond acceptors (Lipinski definition) is 2. The Bertz CT molecular complexity index is 878. The van der Waals surface area contributed by atoms with Gasteiger partial charge in [-0.15, -0.1) is 0 Å².